The maximum absolute atomic E-state index is 11.7. The summed E-state index contributed by atoms with van der Waals surface area (Å²) in [5.74, 6) is 0. The first-order valence-corrected chi connectivity index (χ1v) is 3.96. The van der Waals surface area contributed by atoms with Crippen molar-refractivity contribution in [2.75, 3.05) is 0 Å². The van der Waals surface area contributed by atoms with Crippen LogP contribution in [0.5, 0.6) is 0 Å². The van der Waals surface area contributed by atoms with Gasteiger partial charge in [0.1, 0.15) is 6.54 Å². The molecule has 0 N–H and O–H groups in total. The number of nitrogens with zero attached hydrogens (tertiary/aromatic N) is 2. The number of hydrogen-bond donors (Lipinski definition) is 0. The molecule has 0 aliphatic heterocycles. The van der Waals surface area contributed by atoms with Crippen molar-refractivity contribution in [1.82, 2.24) is 9.78 Å². The van der Waals surface area contributed by atoms with Gasteiger partial charge in [-0.1, -0.05) is 13.8 Å². The average Bonchev–Trinajstić information content (AvgIpc) is 2.39. The smallest absolute Gasteiger partial charge is 0.257 e. The molecule has 0 saturated heterocycles. The zero-order chi connectivity index (χ0) is 9.56. The van der Waals surface area contributed by atoms with Crippen molar-refractivity contribution < 1.29 is 8.78 Å². The Labute approximate surface area is 71.2 Å². The van der Waals surface area contributed by atoms with Gasteiger partial charge in [0.05, 0.1) is 5.69 Å². The molecule has 1 heterocycles. The molecule has 0 atom stereocenters. The van der Waals surface area contributed by atoms with Crippen LogP contribution in [0, 0.1) is 6.92 Å². The highest BCUT2D eigenvalue weighted by Crippen LogP contribution is 1.98. The first kappa shape index (κ1) is 11.1. The lowest BCUT2D eigenvalue weighted by atomic mass is 10.5. The van der Waals surface area contributed by atoms with Crippen molar-refractivity contribution in [2.45, 2.75) is 33.7 Å². The minimum absolute atomic E-state index is 0.312. The van der Waals surface area contributed by atoms with Gasteiger partial charge in [0.2, 0.25) is 0 Å². The largest absolute Gasteiger partial charge is 0.267 e. The van der Waals surface area contributed by atoms with Crippen LogP contribution in [0.1, 0.15) is 19.5 Å². The van der Waals surface area contributed by atoms with Crippen LogP contribution in [0.15, 0.2) is 12.3 Å². The van der Waals surface area contributed by atoms with E-state index in [9.17, 15) is 8.78 Å². The highest BCUT2D eigenvalue weighted by Gasteiger charge is 2.03. The third kappa shape index (κ3) is 4.05. The van der Waals surface area contributed by atoms with Crippen molar-refractivity contribution >= 4 is 0 Å². The van der Waals surface area contributed by atoms with E-state index < -0.39 is 6.43 Å². The van der Waals surface area contributed by atoms with Crippen molar-refractivity contribution in [3.63, 3.8) is 0 Å². The van der Waals surface area contributed by atoms with Crippen LogP contribution in [-0.2, 0) is 6.54 Å². The zero-order valence-electron chi connectivity index (χ0n) is 7.59. The highest BCUT2D eigenvalue weighted by molar-refractivity contribution is 4.94. The zero-order valence-corrected chi connectivity index (χ0v) is 7.59. The van der Waals surface area contributed by atoms with Crippen molar-refractivity contribution in [3.05, 3.63) is 18.0 Å². The van der Waals surface area contributed by atoms with E-state index in [0.29, 0.717) is 0 Å². The van der Waals surface area contributed by atoms with Gasteiger partial charge in [0, 0.05) is 6.20 Å². The van der Waals surface area contributed by atoms with E-state index in [-0.39, 0.29) is 6.54 Å². The van der Waals surface area contributed by atoms with Gasteiger partial charge in [-0.25, -0.2) is 8.78 Å². The third-order valence-corrected chi connectivity index (χ3v) is 1.10. The summed E-state index contributed by atoms with van der Waals surface area (Å²) < 4.78 is 24.6. The maximum Gasteiger partial charge on any atom is 0.257 e. The molecule has 0 unspecified atom stereocenters. The second-order valence-corrected chi connectivity index (χ2v) is 2.07. The molecular weight excluding hydrogens is 162 g/mol. The normalized spacial score (nSPS) is 9.50. The van der Waals surface area contributed by atoms with Gasteiger partial charge >= 0.3 is 0 Å². The standard InChI is InChI=1S/C6H8F2N2.C2H6/c1-5-2-3-10(9-5)4-6(7)8;1-2/h2-3,6H,4H2,1H3;1-2H3. The number of alkyl halides is 2. The Bertz CT molecular complexity index is 209. The summed E-state index contributed by atoms with van der Waals surface area (Å²) in [6.07, 6.45) is -0.777. The van der Waals surface area contributed by atoms with Gasteiger partial charge in [-0.15, -0.1) is 0 Å². The Hall–Kier alpha value is -0.930. The second kappa shape index (κ2) is 5.69. The quantitative estimate of drug-likeness (QED) is 0.676. The number of halogens is 2. The van der Waals surface area contributed by atoms with E-state index in [0.717, 1.165) is 5.69 Å². The fraction of sp³-hybridized carbons (Fsp3) is 0.625. The first-order chi connectivity index (χ1) is 5.68. The lowest BCUT2D eigenvalue weighted by Crippen LogP contribution is -2.06. The van der Waals surface area contributed by atoms with E-state index in [2.05, 4.69) is 5.10 Å². The highest BCUT2D eigenvalue weighted by atomic mass is 19.3. The van der Waals surface area contributed by atoms with Crippen LogP contribution >= 0.6 is 0 Å². The average molecular weight is 176 g/mol. The molecule has 1 rings (SSSR count). The Morgan fingerprint density at radius 2 is 2.08 bits per heavy atom. The van der Waals surface area contributed by atoms with E-state index in [1.807, 2.05) is 13.8 Å². The molecule has 0 aromatic carbocycles. The van der Waals surface area contributed by atoms with Gasteiger partial charge in [-0.2, -0.15) is 5.10 Å². The molecule has 2 nitrogen and oxygen atoms in total. The van der Waals surface area contributed by atoms with Crippen LogP contribution in [0.3, 0.4) is 0 Å². The summed E-state index contributed by atoms with van der Waals surface area (Å²) >= 11 is 0. The lowest BCUT2D eigenvalue weighted by molar-refractivity contribution is 0.121. The fourth-order valence-corrected chi connectivity index (χ4v) is 0.706. The van der Waals surface area contributed by atoms with Crippen LogP contribution in [-0.4, -0.2) is 16.2 Å². The molecule has 0 bridgehead atoms. The van der Waals surface area contributed by atoms with Crippen LogP contribution in [0.2, 0.25) is 0 Å². The van der Waals surface area contributed by atoms with Gasteiger partial charge < -0.3 is 0 Å². The third-order valence-electron chi connectivity index (χ3n) is 1.10. The molecule has 0 fully saturated rings. The van der Waals surface area contributed by atoms with Crippen molar-refractivity contribution in [2.24, 2.45) is 0 Å². The molecule has 1 aromatic rings. The minimum Gasteiger partial charge on any atom is -0.267 e. The van der Waals surface area contributed by atoms with Crippen molar-refractivity contribution in [3.8, 4) is 0 Å². The molecule has 4 heteroatoms. The second-order valence-electron chi connectivity index (χ2n) is 2.07. The molecule has 0 spiro atoms. The Morgan fingerprint density at radius 3 is 2.42 bits per heavy atom. The monoisotopic (exact) mass is 176 g/mol. The van der Waals surface area contributed by atoms with Crippen LogP contribution in [0.4, 0.5) is 8.78 Å². The Kier molecular flexibility index (Phi) is 5.25. The van der Waals surface area contributed by atoms with Crippen molar-refractivity contribution in [1.29, 1.82) is 0 Å². The Morgan fingerprint density at radius 1 is 1.50 bits per heavy atom. The summed E-state index contributed by atoms with van der Waals surface area (Å²) in [6, 6.07) is 1.70. The predicted molar refractivity (Wildman–Crippen MR) is 44.3 cm³/mol. The number of hydrogen-bond acceptors (Lipinski definition) is 1. The molecule has 0 radical (unpaired) electrons. The number of rotatable bonds is 2. The summed E-state index contributed by atoms with van der Waals surface area (Å²) in [6.45, 7) is 5.45. The molecule has 0 amide bonds. The SMILES string of the molecule is CC.Cc1ccn(CC(F)F)n1. The van der Waals surface area contributed by atoms with Crippen LogP contribution < -0.4 is 0 Å². The summed E-state index contributed by atoms with van der Waals surface area (Å²) in [7, 11) is 0. The van der Waals surface area contributed by atoms with Gasteiger partial charge in [-0.05, 0) is 13.0 Å². The van der Waals surface area contributed by atoms with E-state index in [4.69, 9.17) is 0 Å². The summed E-state index contributed by atoms with van der Waals surface area (Å²) in [4.78, 5) is 0. The fourth-order valence-electron chi connectivity index (χ4n) is 0.706. The molecule has 12 heavy (non-hydrogen) atoms. The predicted octanol–water partition coefficient (Wildman–Crippen LogP) is 2.48. The minimum atomic E-state index is -2.32. The van der Waals surface area contributed by atoms with E-state index in [1.165, 1.54) is 4.68 Å². The van der Waals surface area contributed by atoms with Gasteiger partial charge in [-0.3, -0.25) is 4.68 Å². The van der Waals surface area contributed by atoms with Gasteiger partial charge in [0.25, 0.3) is 6.43 Å². The molecular formula is C8H14F2N2. The molecule has 0 aliphatic carbocycles. The lowest BCUT2D eigenvalue weighted by Gasteiger charge is -1.97. The first-order valence-electron chi connectivity index (χ1n) is 3.96. The number of aryl methyl sites for hydroxylation is 1. The molecule has 0 saturated carbocycles. The number of aromatic nitrogens is 2. The maximum atomic E-state index is 11.7. The van der Waals surface area contributed by atoms with E-state index >= 15 is 0 Å². The van der Waals surface area contributed by atoms with Gasteiger partial charge in [0.15, 0.2) is 0 Å². The summed E-state index contributed by atoms with van der Waals surface area (Å²) in [5, 5.41) is 3.79. The summed E-state index contributed by atoms with van der Waals surface area (Å²) in [5.41, 5.74) is 0.764. The van der Waals surface area contributed by atoms with E-state index in [1.54, 1.807) is 19.2 Å². The van der Waals surface area contributed by atoms with Crippen LogP contribution in [0.25, 0.3) is 0 Å². The Balaban J connectivity index is 0.000000561. The molecule has 70 valence electrons. The molecule has 0 aliphatic rings. The molecule has 1 aromatic heterocycles. The topological polar surface area (TPSA) is 17.8 Å².